The van der Waals surface area contributed by atoms with Gasteiger partial charge in [-0.3, -0.25) is 0 Å². The lowest BCUT2D eigenvalue weighted by atomic mass is 9.90. The third-order valence-corrected chi connectivity index (χ3v) is 3.79. The first-order valence-electron chi connectivity index (χ1n) is 7.23. The second-order valence-electron chi connectivity index (χ2n) is 6.79. The average molecular weight is 292 g/mol. The summed E-state index contributed by atoms with van der Waals surface area (Å²) in [6, 6.07) is 6.76. The number of hydrogen-bond acceptors (Lipinski definition) is 4. The quantitative estimate of drug-likeness (QED) is 0.796. The molecule has 0 aromatic heterocycles. The van der Waals surface area contributed by atoms with Crippen molar-refractivity contribution in [3.63, 3.8) is 0 Å². The second-order valence-corrected chi connectivity index (χ2v) is 6.79. The van der Waals surface area contributed by atoms with E-state index in [9.17, 15) is 9.90 Å². The average Bonchev–Trinajstić information content (AvgIpc) is 3.16. The van der Waals surface area contributed by atoms with Crippen LogP contribution in [0.5, 0.6) is 5.75 Å². The van der Waals surface area contributed by atoms with Crippen molar-refractivity contribution in [1.82, 2.24) is 5.32 Å². The molecule has 1 atom stereocenters. The molecule has 0 spiro atoms. The number of benzene rings is 1. The van der Waals surface area contributed by atoms with Gasteiger partial charge in [0, 0.05) is 18.0 Å². The Morgan fingerprint density at radius 1 is 1.38 bits per heavy atom. The molecular weight excluding hydrogens is 268 g/mol. The topological polar surface area (TPSA) is 84.6 Å². The van der Waals surface area contributed by atoms with Gasteiger partial charge in [0.15, 0.2) is 0 Å². The lowest BCUT2D eigenvalue weighted by Crippen LogP contribution is -2.39. The van der Waals surface area contributed by atoms with E-state index in [-0.39, 0.29) is 17.2 Å². The van der Waals surface area contributed by atoms with Gasteiger partial charge in [-0.1, -0.05) is 12.1 Å². The van der Waals surface area contributed by atoms with E-state index in [0.29, 0.717) is 6.54 Å². The lowest BCUT2D eigenvalue weighted by Gasteiger charge is -2.25. The van der Waals surface area contributed by atoms with Gasteiger partial charge >= 0.3 is 6.09 Å². The van der Waals surface area contributed by atoms with Crippen molar-refractivity contribution < 1.29 is 14.6 Å². The van der Waals surface area contributed by atoms with E-state index < -0.39 is 11.7 Å². The number of alkyl carbamates (subject to hydrolysis) is 1. The molecule has 2 rings (SSSR count). The van der Waals surface area contributed by atoms with E-state index in [0.717, 1.165) is 18.4 Å². The number of phenols is 1. The maximum absolute atomic E-state index is 11.7. The molecule has 0 saturated heterocycles. The molecule has 1 aromatic carbocycles. The molecule has 1 aliphatic rings. The van der Waals surface area contributed by atoms with Gasteiger partial charge in [0.1, 0.15) is 11.4 Å². The molecule has 21 heavy (non-hydrogen) atoms. The highest BCUT2D eigenvalue weighted by Gasteiger charge is 2.48. The normalized spacial score (nSPS) is 17.9. The summed E-state index contributed by atoms with van der Waals surface area (Å²) >= 11 is 0. The van der Waals surface area contributed by atoms with E-state index in [1.807, 2.05) is 32.9 Å². The van der Waals surface area contributed by atoms with Crippen LogP contribution < -0.4 is 11.1 Å². The molecule has 0 heterocycles. The smallest absolute Gasteiger partial charge is 0.407 e. The summed E-state index contributed by atoms with van der Waals surface area (Å²) in [7, 11) is 0. The van der Waals surface area contributed by atoms with Crippen molar-refractivity contribution in [2.75, 3.05) is 6.54 Å². The van der Waals surface area contributed by atoms with Gasteiger partial charge < -0.3 is 20.9 Å². The van der Waals surface area contributed by atoms with Crippen molar-refractivity contribution in [2.24, 2.45) is 11.1 Å². The van der Waals surface area contributed by atoms with Gasteiger partial charge in [-0.25, -0.2) is 4.79 Å². The number of aromatic hydroxyl groups is 1. The number of phenolic OH excluding ortho intramolecular Hbond substituents is 1. The number of carbonyl (C=O) groups excluding carboxylic acids is 1. The van der Waals surface area contributed by atoms with E-state index in [4.69, 9.17) is 10.5 Å². The fraction of sp³-hybridized carbons (Fsp3) is 0.562. The van der Waals surface area contributed by atoms with Crippen LogP contribution in [0, 0.1) is 5.41 Å². The van der Waals surface area contributed by atoms with Gasteiger partial charge in [-0.2, -0.15) is 0 Å². The largest absolute Gasteiger partial charge is 0.508 e. The summed E-state index contributed by atoms with van der Waals surface area (Å²) in [5, 5.41) is 12.1. The highest BCUT2D eigenvalue weighted by Crippen LogP contribution is 2.53. The molecule has 1 unspecified atom stereocenters. The number of nitrogens with two attached hydrogens (primary N) is 1. The molecule has 4 N–H and O–H groups in total. The van der Waals surface area contributed by atoms with Crippen molar-refractivity contribution in [3.05, 3.63) is 29.8 Å². The highest BCUT2D eigenvalue weighted by atomic mass is 16.6. The summed E-state index contributed by atoms with van der Waals surface area (Å²) in [5.41, 5.74) is 6.69. The number of nitrogens with one attached hydrogen (secondary N) is 1. The minimum absolute atomic E-state index is 0.103. The van der Waals surface area contributed by atoms with Gasteiger partial charge in [0.2, 0.25) is 0 Å². The molecule has 5 nitrogen and oxygen atoms in total. The van der Waals surface area contributed by atoms with Gasteiger partial charge in [0.25, 0.3) is 0 Å². The third kappa shape index (κ3) is 4.11. The van der Waals surface area contributed by atoms with Crippen LogP contribution in [0.2, 0.25) is 0 Å². The zero-order valence-corrected chi connectivity index (χ0v) is 12.8. The van der Waals surface area contributed by atoms with Gasteiger partial charge in [-0.15, -0.1) is 0 Å². The fourth-order valence-corrected chi connectivity index (χ4v) is 2.36. The Bertz CT molecular complexity index is 501. The zero-order valence-electron chi connectivity index (χ0n) is 12.8. The van der Waals surface area contributed by atoms with Crippen LogP contribution in [0.15, 0.2) is 24.3 Å². The Balaban J connectivity index is 1.93. The molecule has 5 heteroatoms. The van der Waals surface area contributed by atoms with Crippen LogP contribution in [0.1, 0.15) is 45.2 Å². The predicted octanol–water partition coefficient (Wildman–Crippen LogP) is 2.70. The predicted molar refractivity (Wildman–Crippen MR) is 80.9 cm³/mol. The molecule has 0 radical (unpaired) electrons. The lowest BCUT2D eigenvalue weighted by molar-refractivity contribution is 0.0513. The number of amides is 1. The van der Waals surface area contributed by atoms with Crippen LogP contribution in [0.25, 0.3) is 0 Å². The SMILES string of the molecule is CC(C)(C)OC(=O)NCC1(C(N)c2ccc(O)cc2)CC1. The third-order valence-electron chi connectivity index (χ3n) is 3.79. The Hall–Kier alpha value is -1.75. The standard InChI is InChI=1S/C16H24N2O3/c1-15(2,3)21-14(20)18-10-16(8-9-16)13(17)11-4-6-12(19)7-5-11/h4-7,13,19H,8-10,17H2,1-3H3,(H,18,20). The summed E-state index contributed by atoms with van der Waals surface area (Å²) in [6.07, 6.45) is 1.54. The molecule has 0 bridgehead atoms. The van der Waals surface area contributed by atoms with Crippen molar-refractivity contribution in [1.29, 1.82) is 0 Å². The van der Waals surface area contributed by atoms with E-state index in [2.05, 4.69) is 5.32 Å². The van der Waals surface area contributed by atoms with E-state index in [1.165, 1.54) is 0 Å². The molecule has 1 aliphatic carbocycles. The molecule has 116 valence electrons. The number of hydrogen-bond donors (Lipinski definition) is 3. The van der Waals surface area contributed by atoms with Crippen molar-refractivity contribution in [2.45, 2.75) is 45.3 Å². The molecular formula is C16H24N2O3. The van der Waals surface area contributed by atoms with Crippen LogP contribution in [-0.2, 0) is 4.74 Å². The second kappa shape index (κ2) is 5.56. The van der Waals surface area contributed by atoms with Crippen molar-refractivity contribution in [3.8, 4) is 5.75 Å². The van der Waals surface area contributed by atoms with Crippen LogP contribution in [-0.4, -0.2) is 23.3 Å². The molecule has 1 aromatic rings. The van der Waals surface area contributed by atoms with E-state index in [1.54, 1.807) is 12.1 Å². The summed E-state index contributed by atoms with van der Waals surface area (Å²) in [6.45, 7) is 6.01. The summed E-state index contributed by atoms with van der Waals surface area (Å²) in [4.78, 5) is 11.7. The first-order chi connectivity index (χ1) is 9.72. The minimum atomic E-state index is -0.500. The zero-order chi connectivity index (χ0) is 15.7. The summed E-state index contributed by atoms with van der Waals surface area (Å²) < 4.78 is 5.24. The Labute approximate surface area is 125 Å². The monoisotopic (exact) mass is 292 g/mol. The van der Waals surface area contributed by atoms with Crippen LogP contribution in [0.4, 0.5) is 4.79 Å². The van der Waals surface area contributed by atoms with Crippen LogP contribution in [0.3, 0.4) is 0 Å². The minimum Gasteiger partial charge on any atom is -0.508 e. The molecule has 1 amide bonds. The first kappa shape index (κ1) is 15.6. The van der Waals surface area contributed by atoms with Gasteiger partial charge in [-0.05, 0) is 51.3 Å². The highest BCUT2D eigenvalue weighted by molar-refractivity contribution is 5.67. The fourth-order valence-electron chi connectivity index (χ4n) is 2.36. The maximum atomic E-state index is 11.7. The Morgan fingerprint density at radius 2 is 1.95 bits per heavy atom. The summed E-state index contributed by atoms with van der Waals surface area (Å²) in [5.74, 6) is 0.225. The number of ether oxygens (including phenoxy) is 1. The number of rotatable bonds is 4. The molecule has 0 aliphatic heterocycles. The first-order valence-corrected chi connectivity index (χ1v) is 7.23. The number of carbonyl (C=O) groups is 1. The van der Waals surface area contributed by atoms with E-state index >= 15 is 0 Å². The molecule has 1 fully saturated rings. The van der Waals surface area contributed by atoms with Gasteiger partial charge in [0.05, 0.1) is 0 Å². The maximum Gasteiger partial charge on any atom is 0.407 e. The van der Waals surface area contributed by atoms with Crippen LogP contribution >= 0.6 is 0 Å². The Kier molecular flexibility index (Phi) is 4.14. The Morgan fingerprint density at radius 3 is 2.43 bits per heavy atom. The van der Waals surface area contributed by atoms with Crippen molar-refractivity contribution >= 4 is 6.09 Å². The molecule has 1 saturated carbocycles.